The number of anilines is 1. The molecule has 2 aromatic heterocycles. The summed E-state index contributed by atoms with van der Waals surface area (Å²) in [6, 6.07) is 5.81. The zero-order valence-electron chi connectivity index (χ0n) is 13.2. The second-order valence-corrected chi connectivity index (χ2v) is 6.77. The summed E-state index contributed by atoms with van der Waals surface area (Å²) >= 11 is 1.51. The molecule has 5 nitrogen and oxygen atoms in total. The fourth-order valence-corrected chi connectivity index (χ4v) is 3.62. The first-order chi connectivity index (χ1) is 11.1. The third kappa shape index (κ3) is 4.09. The van der Waals surface area contributed by atoms with E-state index in [-0.39, 0.29) is 12.0 Å². The fourth-order valence-electron chi connectivity index (χ4n) is 2.76. The molecule has 0 saturated carbocycles. The monoisotopic (exact) mass is 331 g/mol. The predicted octanol–water partition coefficient (Wildman–Crippen LogP) is 2.51. The Labute approximate surface area is 140 Å². The number of carbonyl (C=O) groups excluding carboxylic acids is 1. The Hall–Kier alpha value is -1.92. The summed E-state index contributed by atoms with van der Waals surface area (Å²) in [4.78, 5) is 19.2. The maximum absolute atomic E-state index is 12.5. The minimum absolute atomic E-state index is 0.0724. The van der Waals surface area contributed by atoms with E-state index < -0.39 is 0 Å². The van der Waals surface area contributed by atoms with E-state index >= 15 is 0 Å². The number of aryl methyl sites for hydroxylation is 2. The summed E-state index contributed by atoms with van der Waals surface area (Å²) in [5, 5.41) is 2.01. The van der Waals surface area contributed by atoms with Gasteiger partial charge < -0.3 is 15.4 Å². The molecular weight excluding hydrogens is 310 g/mol. The number of nitrogens with zero attached hydrogens (tertiary/aromatic N) is 2. The molecule has 122 valence electrons. The van der Waals surface area contributed by atoms with E-state index in [1.807, 2.05) is 35.4 Å². The van der Waals surface area contributed by atoms with Crippen LogP contribution in [0.25, 0.3) is 0 Å². The Bertz CT molecular complexity index is 686. The van der Waals surface area contributed by atoms with Crippen molar-refractivity contribution < 1.29 is 9.53 Å². The van der Waals surface area contributed by atoms with Crippen LogP contribution in [0.3, 0.4) is 0 Å². The standard InChI is InChI=1S/C17H21N3O2S/c1-12-8-15(23-11-12)17(21)20-6-7-22-14(10-20)3-2-13-4-5-19-16(18)9-13/h4-5,8-9,11,14H,2-3,6-7,10H2,1H3,(H2,18,19). The second kappa shape index (κ2) is 7.10. The number of rotatable bonds is 4. The van der Waals surface area contributed by atoms with Crippen LogP contribution in [0.4, 0.5) is 5.82 Å². The molecule has 6 heteroatoms. The van der Waals surface area contributed by atoms with E-state index in [2.05, 4.69) is 4.98 Å². The van der Waals surface area contributed by atoms with Crippen molar-refractivity contribution in [3.8, 4) is 0 Å². The molecule has 2 aromatic rings. The highest BCUT2D eigenvalue weighted by Gasteiger charge is 2.25. The highest BCUT2D eigenvalue weighted by molar-refractivity contribution is 7.12. The summed E-state index contributed by atoms with van der Waals surface area (Å²) in [6.45, 7) is 3.92. The Balaban J connectivity index is 1.56. The van der Waals surface area contributed by atoms with Crippen LogP contribution >= 0.6 is 11.3 Å². The van der Waals surface area contributed by atoms with Gasteiger partial charge in [0.1, 0.15) is 5.82 Å². The lowest BCUT2D eigenvalue weighted by atomic mass is 10.1. The molecule has 1 unspecified atom stereocenters. The van der Waals surface area contributed by atoms with E-state index in [1.54, 1.807) is 6.20 Å². The lowest BCUT2D eigenvalue weighted by molar-refractivity contribution is -0.0244. The molecule has 0 spiro atoms. The Morgan fingerprint density at radius 1 is 1.52 bits per heavy atom. The van der Waals surface area contributed by atoms with Gasteiger partial charge in [-0.1, -0.05) is 0 Å². The van der Waals surface area contributed by atoms with Gasteiger partial charge in [-0.05, 0) is 54.5 Å². The quantitative estimate of drug-likeness (QED) is 0.935. The number of hydrogen-bond acceptors (Lipinski definition) is 5. The van der Waals surface area contributed by atoms with Crippen molar-refractivity contribution in [2.24, 2.45) is 0 Å². The predicted molar refractivity (Wildman–Crippen MR) is 91.7 cm³/mol. The average Bonchev–Trinajstić information content (AvgIpc) is 2.99. The van der Waals surface area contributed by atoms with Crippen LogP contribution in [0, 0.1) is 6.92 Å². The number of thiophene rings is 1. The van der Waals surface area contributed by atoms with Crippen molar-refractivity contribution in [1.29, 1.82) is 0 Å². The van der Waals surface area contributed by atoms with Crippen LogP contribution in [-0.2, 0) is 11.2 Å². The Morgan fingerprint density at radius 3 is 3.13 bits per heavy atom. The van der Waals surface area contributed by atoms with Crippen molar-refractivity contribution in [1.82, 2.24) is 9.88 Å². The van der Waals surface area contributed by atoms with Gasteiger partial charge in [0.15, 0.2) is 0 Å². The first-order valence-corrected chi connectivity index (χ1v) is 8.66. The molecule has 2 N–H and O–H groups in total. The molecule has 23 heavy (non-hydrogen) atoms. The van der Waals surface area contributed by atoms with Crippen molar-refractivity contribution in [2.75, 3.05) is 25.4 Å². The molecule has 1 amide bonds. The third-order valence-corrected chi connectivity index (χ3v) is 5.00. The van der Waals surface area contributed by atoms with Crippen LogP contribution < -0.4 is 5.73 Å². The van der Waals surface area contributed by atoms with Crippen molar-refractivity contribution >= 4 is 23.1 Å². The summed E-state index contributed by atoms with van der Waals surface area (Å²) in [5.74, 6) is 0.654. The lowest BCUT2D eigenvalue weighted by Crippen LogP contribution is -2.45. The van der Waals surface area contributed by atoms with Gasteiger partial charge in [0, 0.05) is 19.3 Å². The number of ether oxygens (including phenoxy) is 1. The van der Waals surface area contributed by atoms with Crippen molar-refractivity contribution in [2.45, 2.75) is 25.9 Å². The van der Waals surface area contributed by atoms with Gasteiger partial charge >= 0.3 is 0 Å². The van der Waals surface area contributed by atoms with E-state index in [1.165, 1.54) is 11.3 Å². The fraction of sp³-hybridized carbons (Fsp3) is 0.412. The van der Waals surface area contributed by atoms with Crippen LogP contribution in [0.2, 0.25) is 0 Å². The van der Waals surface area contributed by atoms with Crippen LogP contribution in [-0.4, -0.2) is 41.6 Å². The summed E-state index contributed by atoms with van der Waals surface area (Å²) in [5.41, 5.74) is 7.99. The van der Waals surface area contributed by atoms with E-state index in [9.17, 15) is 4.79 Å². The molecule has 0 bridgehead atoms. The summed E-state index contributed by atoms with van der Waals surface area (Å²) < 4.78 is 5.81. The van der Waals surface area contributed by atoms with E-state index in [0.717, 1.165) is 28.8 Å². The second-order valence-electron chi connectivity index (χ2n) is 5.86. The number of amides is 1. The number of aromatic nitrogens is 1. The smallest absolute Gasteiger partial charge is 0.264 e. The molecule has 3 heterocycles. The van der Waals surface area contributed by atoms with Crippen LogP contribution in [0.1, 0.15) is 27.2 Å². The molecule has 0 aliphatic carbocycles. The zero-order chi connectivity index (χ0) is 16.2. The third-order valence-electron chi connectivity index (χ3n) is 3.97. The minimum atomic E-state index is 0.0724. The minimum Gasteiger partial charge on any atom is -0.384 e. The van der Waals surface area contributed by atoms with Crippen LogP contribution in [0.15, 0.2) is 29.8 Å². The summed E-state index contributed by atoms with van der Waals surface area (Å²) in [6.07, 6.45) is 3.54. The molecule has 1 aliphatic heterocycles. The molecule has 3 rings (SSSR count). The highest BCUT2D eigenvalue weighted by atomic mass is 32.1. The summed E-state index contributed by atoms with van der Waals surface area (Å²) in [7, 11) is 0. The van der Waals surface area contributed by atoms with Gasteiger partial charge in [-0.15, -0.1) is 11.3 Å². The topological polar surface area (TPSA) is 68.5 Å². The van der Waals surface area contributed by atoms with Gasteiger partial charge in [0.25, 0.3) is 5.91 Å². The largest absolute Gasteiger partial charge is 0.384 e. The average molecular weight is 331 g/mol. The molecule has 1 saturated heterocycles. The molecule has 0 aromatic carbocycles. The maximum atomic E-state index is 12.5. The maximum Gasteiger partial charge on any atom is 0.264 e. The Kier molecular flexibility index (Phi) is 4.93. The number of nitrogen functional groups attached to an aromatic ring is 1. The molecule has 1 atom stereocenters. The first-order valence-electron chi connectivity index (χ1n) is 7.78. The first kappa shape index (κ1) is 16.0. The number of morpholine rings is 1. The van der Waals surface area contributed by atoms with Crippen molar-refractivity contribution in [3.63, 3.8) is 0 Å². The molecule has 1 aliphatic rings. The van der Waals surface area contributed by atoms with Gasteiger partial charge in [-0.3, -0.25) is 4.79 Å². The van der Waals surface area contributed by atoms with Crippen molar-refractivity contribution in [3.05, 3.63) is 45.8 Å². The van der Waals surface area contributed by atoms with Gasteiger partial charge in [-0.25, -0.2) is 4.98 Å². The number of pyridine rings is 1. The van der Waals surface area contributed by atoms with Gasteiger partial charge in [-0.2, -0.15) is 0 Å². The van der Waals surface area contributed by atoms with E-state index in [0.29, 0.717) is 25.5 Å². The molecular formula is C17H21N3O2S. The molecule has 0 radical (unpaired) electrons. The number of carbonyl (C=O) groups is 1. The SMILES string of the molecule is Cc1csc(C(=O)N2CCOC(CCc3ccnc(N)c3)C2)c1. The highest BCUT2D eigenvalue weighted by Crippen LogP contribution is 2.19. The normalized spacial score (nSPS) is 18.1. The van der Waals surface area contributed by atoms with Gasteiger partial charge in [0.05, 0.1) is 17.6 Å². The zero-order valence-corrected chi connectivity index (χ0v) is 14.0. The number of hydrogen-bond donors (Lipinski definition) is 1. The lowest BCUT2D eigenvalue weighted by Gasteiger charge is -2.32. The van der Waals surface area contributed by atoms with Crippen LogP contribution in [0.5, 0.6) is 0 Å². The number of nitrogens with two attached hydrogens (primary N) is 1. The van der Waals surface area contributed by atoms with E-state index in [4.69, 9.17) is 10.5 Å². The Morgan fingerprint density at radius 2 is 2.39 bits per heavy atom. The van der Waals surface area contributed by atoms with Gasteiger partial charge in [0.2, 0.25) is 0 Å². The molecule has 1 fully saturated rings.